The first-order chi connectivity index (χ1) is 6.83. The summed E-state index contributed by atoms with van der Waals surface area (Å²) in [7, 11) is 1.96. The van der Waals surface area contributed by atoms with Crippen molar-refractivity contribution in [2.75, 3.05) is 33.4 Å². The van der Waals surface area contributed by atoms with Gasteiger partial charge in [0.15, 0.2) is 0 Å². The van der Waals surface area contributed by atoms with Crippen LogP contribution in [0.1, 0.15) is 0 Å². The number of aliphatic hydroxyl groups is 1. The summed E-state index contributed by atoms with van der Waals surface area (Å²) in [6, 6.07) is 9.74. The molecule has 78 valence electrons. The van der Waals surface area contributed by atoms with Gasteiger partial charge in [0, 0.05) is 13.1 Å². The second-order valence-corrected chi connectivity index (χ2v) is 3.19. The van der Waals surface area contributed by atoms with E-state index in [9.17, 15) is 0 Å². The highest BCUT2D eigenvalue weighted by atomic mass is 16.5. The summed E-state index contributed by atoms with van der Waals surface area (Å²) in [5.74, 6) is 0.893. The van der Waals surface area contributed by atoms with Crippen LogP contribution in [0.4, 0.5) is 0 Å². The van der Waals surface area contributed by atoms with Gasteiger partial charge < -0.3 is 14.7 Å². The molecule has 14 heavy (non-hydrogen) atoms. The number of aliphatic hydroxyl groups excluding tert-OH is 1. The molecule has 0 aliphatic rings. The van der Waals surface area contributed by atoms with Gasteiger partial charge in [0.1, 0.15) is 12.4 Å². The van der Waals surface area contributed by atoms with E-state index in [1.165, 1.54) is 0 Å². The third-order valence-electron chi connectivity index (χ3n) is 1.97. The SMILES string of the molecule is CN(CCO)CCOc1ccccc1. The van der Waals surface area contributed by atoms with Gasteiger partial charge in [0.05, 0.1) is 6.61 Å². The molecule has 0 aromatic heterocycles. The number of likely N-dealkylation sites (N-methyl/N-ethyl adjacent to an activating group) is 1. The highest BCUT2D eigenvalue weighted by molar-refractivity contribution is 5.20. The average Bonchev–Trinajstić information content (AvgIpc) is 2.20. The number of hydrogen-bond acceptors (Lipinski definition) is 3. The van der Waals surface area contributed by atoms with Crippen LogP contribution in [0.5, 0.6) is 5.75 Å². The molecule has 0 heterocycles. The van der Waals surface area contributed by atoms with Crippen LogP contribution in [0.3, 0.4) is 0 Å². The van der Waals surface area contributed by atoms with E-state index < -0.39 is 0 Å². The van der Waals surface area contributed by atoms with Crippen molar-refractivity contribution in [2.24, 2.45) is 0 Å². The van der Waals surface area contributed by atoms with Gasteiger partial charge in [0.25, 0.3) is 0 Å². The van der Waals surface area contributed by atoms with Gasteiger partial charge in [-0.25, -0.2) is 0 Å². The summed E-state index contributed by atoms with van der Waals surface area (Å²) in [6.45, 7) is 2.37. The maximum atomic E-state index is 8.67. The highest BCUT2D eigenvalue weighted by Crippen LogP contribution is 2.07. The quantitative estimate of drug-likeness (QED) is 0.734. The van der Waals surface area contributed by atoms with Crippen LogP contribution in [-0.4, -0.2) is 43.4 Å². The molecule has 0 aliphatic carbocycles. The van der Waals surface area contributed by atoms with Crippen LogP contribution in [-0.2, 0) is 0 Å². The summed E-state index contributed by atoms with van der Waals surface area (Å²) >= 11 is 0. The normalized spacial score (nSPS) is 10.5. The molecule has 0 saturated carbocycles. The molecule has 1 rings (SSSR count). The van der Waals surface area contributed by atoms with E-state index in [0.717, 1.165) is 12.3 Å². The van der Waals surface area contributed by atoms with Gasteiger partial charge in [-0.2, -0.15) is 0 Å². The predicted molar refractivity (Wildman–Crippen MR) is 56.5 cm³/mol. The Morgan fingerprint density at radius 1 is 1.21 bits per heavy atom. The van der Waals surface area contributed by atoms with E-state index >= 15 is 0 Å². The molecule has 1 aromatic rings. The Kier molecular flexibility index (Phi) is 5.04. The van der Waals surface area contributed by atoms with Gasteiger partial charge in [-0.05, 0) is 19.2 Å². The Hall–Kier alpha value is -1.06. The van der Waals surface area contributed by atoms with E-state index in [-0.39, 0.29) is 6.61 Å². The number of benzene rings is 1. The van der Waals surface area contributed by atoms with Crippen molar-refractivity contribution in [2.45, 2.75) is 0 Å². The van der Waals surface area contributed by atoms with Gasteiger partial charge in [-0.1, -0.05) is 18.2 Å². The third-order valence-corrected chi connectivity index (χ3v) is 1.97. The second-order valence-electron chi connectivity index (χ2n) is 3.19. The minimum atomic E-state index is 0.196. The molecule has 0 radical (unpaired) electrons. The van der Waals surface area contributed by atoms with E-state index in [2.05, 4.69) is 0 Å². The molecule has 1 aromatic carbocycles. The van der Waals surface area contributed by atoms with E-state index in [1.54, 1.807) is 0 Å². The first kappa shape index (κ1) is 11.0. The van der Waals surface area contributed by atoms with E-state index in [0.29, 0.717) is 13.2 Å². The summed E-state index contributed by atoms with van der Waals surface area (Å²) < 4.78 is 5.50. The average molecular weight is 195 g/mol. The van der Waals surface area contributed by atoms with Crippen molar-refractivity contribution in [1.82, 2.24) is 4.90 Å². The van der Waals surface area contributed by atoms with Crippen molar-refractivity contribution >= 4 is 0 Å². The number of para-hydroxylation sites is 1. The topological polar surface area (TPSA) is 32.7 Å². The molecule has 0 spiro atoms. The fraction of sp³-hybridized carbons (Fsp3) is 0.455. The van der Waals surface area contributed by atoms with Crippen LogP contribution >= 0.6 is 0 Å². The Labute approximate surface area is 84.9 Å². The van der Waals surface area contributed by atoms with Crippen LogP contribution in [0.25, 0.3) is 0 Å². The Balaban J connectivity index is 2.16. The Bertz CT molecular complexity index is 238. The molecule has 0 fully saturated rings. The minimum Gasteiger partial charge on any atom is -0.492 e. The van der Waals surface area contributed by atoms with Crippen LogP contribution in [0, 0.1) is 0 Å². The highest BCUT2D eigenvalue weighted by Gasteiger charge is 1.97. The lowest BCUT2D eigenvalue weighted by molar-refractivity contribution is 0.192. The summed E-state index contributed by atoms with van der Waals surface area (Å²) in [5, 5.41) is 8.67. The molecule has 3 heteroatoms. The molecular weight excluding hydrogens is 178 g/mol. The lowest BCUT2D eigenvalue weighted by Gasteiger charge is -2.15. The minimum absolute atomic E-state index is 0.196. The predicted octanol–water partition coefficient (Wildman–Crippen LogP) is 0.989. The standard InChI is InChI=1S/C11H17NO2/c1-12(7-9-13)8-10-14-11-5-3-2-4-6-11/h2-6,13H,7-10H2,1H3. The molecule has 3 nitrogen and oxygen atoms in total. The summed E-state index contributed by atoms with van der Waals surface area (Å²) in [6.07, 6.45) is 0. The maximum Gasteiger partial charge on any atom is 0.119 e. The molecule has 1 N–H and O–H groups in total. The molecule has 0 unspecified atom stereocenters. The maximum absolute atomic E-state index is 8.67. The van der Waals surface area contributed by atoms with Gasteiger partial charge in [-0.15, -0.1) is 0 Å². The first-order valence-electron chi connectivity index (χ1n) is 4.80. The summed E-state index contributed by atoms with van der Waals surface area (Å²) in [5.41, 5.74) is 0. The van der Waals surface area contributed by atoms with Crippen molar-refractivity contribution < 1.29 is 9.84 Å². The molecular formula is C11H17NO2. The largest absolute Gasteiger partial charge is 0.492 e. The van der Waals surface area contributed by atoms with Crippen LogP contribution in [0.15, 0.2) is 30.3 Å². The third kappa shape index (κ3) is 4.25. The van der Waals surface area contributed by atoms with E-state index in [4.69, 9.17) is 9.84 Å². The fourth-order valence-corrected chi connectivity index (χ4v) is 1.12. The van der Waals surface area contributed by atoms with E-state index in [1.807, 2.05) is 42.3 Å². The molecule has 0 saturated heterocycles. The Morgan fingerprint density at radius 2 is 1.93 bits per heavy atom. The summed E-state index contributed by atoms with van der Waals surface area (Å²) in [4.78, 5) is 2.03. The van der Waals surface area contributed by atoms with Gasteiger partial charge in [0.2, 0.25) is 0 Å². The molecule has 0 bridgehead atoms. The number of hydrogen-bond donors (Lipinski definition) is 1. The van der Waals surface area contributed by atoms with Gasteiger partial charge >= 0.3 is 0 Å². The lowest BCUT2D eigenvalue weighted by Crippen LogP contribution is -2.27. The first-order valence-corrected chi connectivity index (χ1v) is 4.80. The number of rotatable bonds is 6. The molecule has 0 aliphatic heterocycles. The van der Waals surface area contributed by atoms with Crippen molar-refractivity contribution in [3.05, 3.63) is 30.3 Å². The Morgan fingerprint density at radius 3 is 2.57 bits per heavy atom. The zero-order chi connectivity index (χ0) is 10.2. The monoisotopic (exact) mass is 195 g/mol. The van der Waals surface area contributed by atoms with Crippen molar-refractivity contribution in [3.63, 3.8) is 0 Å². The van der Waals surface area contributed by atoms with Crippen LogP contribution < -0.4 is 4.74 Å². The van der Waals surface area contributed by atoms with Crippen LogP contribution in [0.2, 0.25) is 0 Å². The second kappa shape index (κ2) is 6.40. The number of nitrogens with zero attached hydrogens (tertiary/aromatic N) is 1. The van der Waals surface area contributed by atoms with Crippen molar-refractivity contribution in [1.29, 1.82) is 0 Å². The smallest absolute Gasteiger partial charge is 0.119 e. The zero-order valence-electron chi connectivity index (χ0n) is 8.52. The van der Waals surface area contributed by atoms with Gasteiger partial charge in [-0.3, -0.25) is 0 Å². The lowest BCUT2D eigenvalue weighted by atomic mass is 10.3. The van der Waals surface area contributed by atoms with Crippen molar-refractivity contribution in [3.8, 4) is 5.75 Å². The number of ether oxygens (including phenoxy) is 1. The molecule has 0 atom stereocenters. The zero-order valence-corrected chi connectivity index (χ0v) is 8.52. The molecule has 0 amide bonds. The fourth-order valence-electron chi connectivity index (χ4n) is 1.12.